The first-order valence-electron chi connectivity index (χ1n) is 6.03. The van der Waals surface area contributed by atoms with E-state index in [4.69, 9.17) is 11.6 Å². The Morgan fingerprint density at radius 2 is 2.11 bits per heavy atom. The SMILES string of the molecule is CC(C)CC(CO)NS(=O)(=O)Cc1ccc(Cl)nc1. The van der Waals surface area contributed by atoms with Crippen LogP contribution in [0.2, 0.25) is 5.15 Å². The smallest absolute Gasteiger partial charge is 0.216 e. The minimum atomic E-state index is -3.50. The Bertz CT molecular complexity index is 488. The fourth-order valence-corrected chi connectivity index (χ4v) is 3.22. The second-order valence-electron chi connectivity index (χ2n) is 4.88. The zero-order valence-corrected chi connectivity index (χ0v) is 12.6. The van der Waals surface area contributed by atoms with Crippen molar-refractivity contribution >= 4 is 21.6 Å². The number of hydrogen-bond acceptors (Lipinski definition) is 4. The van der Waals surface area contributed by atoms with Crippen LogP contribution in [0.1, 0.15) is 25.8 Å². The van der Waals surface area contributed by atoms with Crippen LogP contribution in [0.3, 0.4) is 0 Å². The van der Waals surface area contributed by atoms with E-state index in [1.807, 2.05) is 13.8 Å². The van der Waals surface area contributed by atoms with Crippen LogP contribution in [0.15, 0.2) is 18.3 Å². The van der Waals surface area contributed by atoms with Crippen molar-refractivity contribution in [3.8, 4) is 0 Å². The van der Waals surface area contributed by atoms with Gasteiger partial charge in [0.2, 0.25) is 10.0 Å². The highest BCUT2D eigenvalue weighted by atomic mass is 35.5. The molecule has 19 heavy (non-hydrogen) atoms. The van der Waals surface area contributed by atoms with Crippen molar-refractivity contribution in [2.45, 2.75) is 32.1 Å². The standard InChI is InChI=1S/C12H19ClN2O3S/c1-9(2)5-11(7-16)15-19(17,18)8-10-3-4-12(13)14-6-10/h3-4,6,9,11,15-16H,5,7-8H2,1-2H3. The molecule has 0 radical (unpaired) electrons. The van der Waals surface area contributed by atoms with Gasteiger partial charge in [0, 0.05) is 12.2 Å². The van der Waals surface area contributed by atoms with Gasteiger partial charge in [-0.1, -0.05) is 31.5 Å². The van der Waals surface area contributed by atoms with E-state index in [0.717, 1.165) is 0 Å². The average Bonchev–Trinajstić information content (AvgIpc) is 2.30. The number of aliphatic hydroxyl groups excluding tert-OH is 1. The van der Waals surface area contributed by atoms with Crippen LogP contribution in [-0.2, 0) is 15.8 Å². The zero-order chi connectivity index (χ0) is 14.5. The highest BCUT2D eigenvalue weighted by Gasteiger charge is 2.18. The van der Waals surface area contributed by atoms with Gasteiger partial charge in [0.25, 0.3) is 0 Å². The first-order chi connectivity index (χ1) is 8.82. The van der Waals surface area contributed by atoms with Crippen LogP contribution in [0.5, 0.6) is 0 Å². The molecule has 2 N–H and O–H groups in total. The molecule has 108 valence electrons. The molecule has 0 aliphatic carbocycles. The van der Waals surface area contributed by atoms with E-state index in [9.17, 15) is 13.5 Å². The minimum Gasteiger partial charge on any atom is -0.395 e. The highest BCUT2D eigenvalue weighted by Crippen LogP contribution is 2.10. The first-order valence-corrected chi connectivity index (χ1v) is 8.06. The molecule has 0 aromatic carbocycles. The summed E-state index contributed by atoms with van der Waals surface area (Å²) >= 11 is 5.64. The average molecular weight is 307 g/mol. The molecule has 5 nitrogen and oxygen atoms in total. The lowest BCUT2D eigenvalue weighted by atomic mass is 10.1. The van der Waals surface area contributed by atoms with Gasteiger partial charge < -0.3 is 5.11 Å². The number of rotatable bonds is 7. The molecule has 0 saturated heterocycles. The number of nitrogens with zero attached hydrogens (tertiary/aromatic N) is 1. The van der Waals surface area contributed by atoms with Gasteiger partial charge in [-0.15, -0.1) is 0 Å². The molecule has 1 atom stereocenters. The van der Waals surface area contributed by atoms with Gasteiger partial charge in [-0.3, -0.25) is 0 Å². The van der Waals surface area contributed by atoms with Gasteiger partial charge in [-0.2, -0.15) is 0 Å². The fraction of sp³-hybridized carbons (Fsp3) is 0.583. The monoisotopic (exact) mass is 306 g/mol. The van der Waals surface area contributed by atoms with Gasteiger partial charge in [-0.05, 0) is 24.0 Å². The maximum Gasteiger partial charge on any atom is 0.216 e. The summed E-state index contributed by atoms with van der Waals surface area (Å²) in [6.07, 6.45) is 2.02. The Morgan fingerprint density at radius 1 is 1.42 bits per heavy atom. The molecular formula is C12H19ClN2O3S. The number of halogens is 1. The van der Waals surface area contributed by atoms with Gasteiger partial charge in [0.1, 0.15) is 5.15 Å². The summed E-state index contributed by atoms with van der Waals surface area (Å²) in [5.74, 6) is 0.128. The highest BCUT2D eigenvalue weighted by molar-refractivity contribution is 7.88. The Labute approximate surface area is 119 Å². The van der Waals surface area contributed by atoms with Gasteiger partial charge in [0.05, 0.1) is 12.4 Å². The molecule has 1 aromatic rings. The zero-order valence-electron chi connectivity index (χ0n) is 11.0. The molecule has 1 rings (SSSR count). The van der Waals surface area contributed by atoms with E-state index in [1.165, 1.54) is 6.20 Å². The maximum atomic E-state index is 12.0. The number of aliphatic hydroxyl groups is 1. The molecule has 0 bridgehead atoms. The first kappa shape index (κ1) is 16.4. The molecule has 0 aliphatic rings. The largest absolute Gasteiger partial charge is 0.395 e. The van der Waals surface area contributed by atoms with Crippen LogP contribution >= 0.6 is 11.6 Å². The molecular weight excluding hydrogens is 288 g/mol. The lowest BCUT2D eigenvalue weighted by molar-refractivity contribution is 0.240. The van der Waals surface area contributed by atoms with E-state index in [1.54, 1.807) is 12.1 Å². The Balaban J connectivity index is 2.67. The predicted molar refractivity (Wildman–Crippen MR) is 75.3 cm³/mol. The number of hydrogen-bond donors (Lipinski definition) is 2. The number of aromatic nitrogens is 1. The molecule has 0 fully saturated rings. The molecule has 1 aromatic heterocycles. The third-order valence-corrected chi connectivity index (χ3v) is 4.10. The third kappa shape index (κ3) is 6.33. The topological polar surface area (TPSA) is 79.3 Å². The van der Waals surface area contributed by atoms with Crippen LogP contribution in [-0.4, -0.2) is 31.2 Å². The predicted octanol–water partition coefficient (Wildman–Crippen LogP) is 1.56. The van der Waals surface area contributed by atoms with Crippen molar-refractivity contribution in [2.24, 2.45) is 5.92 Å². The van der Waals surface area contributed by atoms with Crippen LogP contribution in [0, 0.1) is 5.92 Å². The second kappa shape index (κ2) is 7.19. The van der Waals surface area contributed by atoms with E-state index >= 15 is 0 Å². The molecule has 7 heteroatoms. The summed E-state index contributed by atoms with van der Waals surface area (Å²) in [6.45, 7) is 3.73. The summed E-state index contributed by atoms with van der Waals surface area (Å²) in [7, 11) is -3.50. The van der Waals surface area contributed by atoms with Gasteiger partial charge in [0.15, 0.2) is 0 Å². The van der Waals surface area contributed by atoms with Crippen LogP contribution < -0.4 is 4.72 Å². The van der Waals surface area contributed by atoms with Crippen molar-refractivity contribution < 1.29 is 13.5 Å². The van der Waals surface area contributed by atoms with E-state index in [0.29, 0.717) is 23.1 Å². The van der Waals surface area contributed by atoms with Crippen molar-refractivity contribution in [3.05, 3.63) is 29.0 Å². The molecule has 0 aliphatic heterocycles. The molecule has 0 spiro atoms. The van der Waals surface area contributed by atoms with E-state index < -0.39 is 16.1 Å². The van der Waals surface area contributed by atoms with Crippen molar-refractivity contribution in [3.63, 3.8) is 0 Å². The Kier molecular flexibility index (Phi) is 6.19. The second-order valence-corrected chi connectivity index (χ2v) is 7.02. The van der Waals surface area contributed by atoms with E-state index in [-0.39, 0.29) is 12.4 Å². The lowest BCUT2D eigenvalue weighted by Crippen LogP contribution is -2.39. The molecule has 1 unspecified atom stereocenters. The van der Waals surface area contributed by atoms with Gasteiger partial charge in [-0.25, -0.2) is 18.1 Å². The summed E-state index contributed by atoms with van der Waals surface area (Å²) < 4.78 is 26.4. The molecule has 1 heterocycles. The Morgan fingerprint density at radius 3 is 2.58 bits per heavy atom. The van der Waals surface area contributed by atoms with Crippen molar-refractivity contribution in [1.29, 1.82) is 0 Å². The summed E-state index contributed by atoms with van der Waals surface area (Å²) in [6, 6.07) is 2.71. The lowest BCUT2D eigenvalue weighted by Gasteiger charge is -2.18. The van der Waals surface area contributed by atoms with Crippen LogP contribution in [0.4, 0.5) is 0 Å². The molecule has 0 saturated carbocycles. The maximum absolute atomic E-state index is 12.0. The van der Waals surface area contributed by atoms with Crippen LogP contribution in [0.25, 0.3) is 0 Å². The quantitative estimate of drug-likeness (QED) is 0.749. The molecule has 0 amide bonds. The third-order valence-electron chi connectivity index (χ3n) is 2.47. The number of nitrogens with one attached hydrogen (secondary N) is 1. The van der Waals surface area contributed by atoms with Crippen molar-refractivity contribution in [2.75, 3.05) is 6.61 Å². The fourth-order valence-electron chi connectivity index (χ4n) is 1.74. The number of sulfonamides is 1. The van der Waals surface area contributed by atoms with E-state index in [2.05, 4.69) is 9.71 Å². The summed E-state index contributed by atoms with van der Waals surface area (Å²) in [5.41, 5.74) is 0.554. The van der Waals surface area contributed by atoms with Gasteiger partial charge >= 0.3 is 0 Å². The summed E-state index contributed by atoms with van der Waals surface area (Å²) in [5, 5.41) is 9.51. The summed E-state index contributed by atoms with van der Waals surface area (Å²) in [4.78, 5) is 3.83. The Hall–Kier alpha value is -0.690. The normalized spacial score (nSPS) is 13.7. The minimum absolute atomic E-state index is 0.175. The number of pyridine rings is 1. The van der Waals surface area contributed by atoms with Crippen molar-refractivity contribution in [1.82, 2.24) is 9.71 Å².